The first-order valence-electron chi connectivity index (χ1n) is 2.62. The molecule has 0 aliphatic carbocycles. The van der Waals surface area contributed by atoms with Crippen LogP contribution in [0.25, 0.3) is 0 Å². The Morgan fingerprint density at radius 3 is 2.89 bits per heavy atom. The lowest BCUT2D eigenvalue weighted by molar-refractivity contribution is -0.0725. The van der Waals surface area contributed by atoms with Gasteiger partial charge in [-0.3, -0.25) is 5.21 Å². The predicted octanol–water partition coefficient (Wildman–Crippen LogP) is 0.507. The fourth-order valence-electron chi connectivity index (χ4n) is 0.561. The smallest absolute Gasteiger partial charge is 0.209 e. The minimum atomic E-state index is -0.380. The average molecular weight is 128 g/mol. The normalized spacial score (nSPS) is 26.2. The molecule has 9 heavy (non-hydrogen) atoms. The van der Waals surface area contributed by atoms with Crippen molar-refractivity contribution in [2.45, 2.75) is 13.1 Å². The molecule has 0 aromatic rings. The highest BCUT2D eigenvalue weighted by Gasteiger charge is 2.09. The minimum absolute atomic E-state index is 0.0483. The van der Waals surface area contributed by atoms with Gasteiger partial charge in [0.25, 0.3) is 0 Å². The van der Waals surface area contributed by atoms with E-state index in [0.717, 1.165) is 5.06 Å². The van der Waals surface area contributed by atoms with Crippen molar-refractivity contribution < 1.29 is 10.3 Å². The Kier molecular flexibility index (Phi) is 1.40. The van der Waals surface area contributed by atoms with Gasteiger partial charge >= 0.3 is 0 Å². The van der Waals surface area contributed by atoms with Crippen LogP contribution in [0.15, 0.2) is 17.3 Å². The van der Waals surface area contributed by atoms with Crippen molar-refractivity contribution in [3.63, 3.8) is 0 Å². The summed E-state index contributed by atoms with van der Waals surface area (Å²) in [6.07, 6.45) is 2.29. The van der Waals surface area contributed by atoms with Crippen LogP contribution in [-0.4, -0.2) is 27.4 Å². The van der Waals surface area contributed by atoms with E-state index in [-0.39, 0.29) is 12.1 Å². The van der Waals surface area contributed by atoms with Crippen LogP contribution in [0.4, 0.5) is 0 Å². The second-order valence-corrected chi connectivity index (χ2v) is 1.81. The molecular formula is C5H8N2O2. The number of hydroxylamine groups is 2. The van der Waals surface area contributed by atoms with Crippen molar-refractivity contribution >= 4 is 5.90 Å². The van der Waals surface area contributed by atoms with E-state index in [1.165, 1.54) is 12.3 Å². The number of aliphatic imine (C=N–C) groups is 1. The Morgan fingerprint density at radius 2 is 2.44 bits per heavy atom. The summed E-state index contributed by atoms with van der Waals surface area (Å²) in [5.74, 6) is -0.0483. The molecule has 4 heteroatoms. The molecule has 0 radical (unpaired) electrons. The van der Waals surface area contributed by atoms with Crippen LogP contribution in [0, 0.1) is 0 Å². The summed E-state index contributed by atoms with van der Waals surface area (Å²) in [7, 11) is 0. The van der Waals surface area contributed by atoms with Gasteiger partial charge in [-0.1, -0.05) is 0 Å². The van der Waals surface area contributed by atoms with Crippen molar-refractivity contribution in [3.05, 3.63) is 12.3 Å². The molecule has 1 unspecified atom stereocenters. The third-order valence-electron chi connectivity index (χ3n) is 1.08. The van der Waals surface area contributed by atoms with Gasteiger partial charge in [-0.25, -0.2) is 10.1 Å². The summed E-state index contributed by atoms with van der Waals surface area (Å²) in [5, 5.41) is 18.5. The molecule has 0 spiro atoms. The first kappa shape index (κ1) is 6.10. The highest BCUT2D eigenvalue weighted by atomic mass is 16.5. The third kappa shape index (κ3) is 1.20. The fourth-order valence-corrected chi connectivity index (χ4v) is 0.561. The summed E-state index contributed by atoms with van der Waals surface area (Å²) in [5.41, 5.74) is 0. The Bertz CT molecular complexity index is 164. The highest BCUT2D eigenvalue weighted by Crippen LogP contribution is 2.02. The lowest BCUT2D eigenvalue weighted by atomic mass is 10.4. The van der Waals surface area contributed by atoms with Crippen molar-refractivity contribution in [1.29, 1.82) is 0 Å². The lowest BCUT2D eigenvalue weighted by Crippen LogP contribution is -2.26. The van der Waals surface area contributed by atoms with Gasteiger partial charge in [0.2, 0.25) is 5.90 Å². The topological polar surface area (TPSA) is 56.1 Å². The van der Waals surface area contributed by atoms with E-state index < -0.39 is 0 Å². The molecule has 0 fully saturated rings. The lowest BCUT2D eigenvalue weighted by Gasteiger charge is -2.19. The zero-order chi connectivity index (χ0) is 6.85. The molecule has 1 heterocycles. The summed E-state index contributed by atoms with van der Waals surface area (Å²) in [4.78, 5) is 3.62. The molecule has 1 atom stereocenters. The molecule has 1 rings (SSSR count). The quantitative estimate of drug-likeness (QED) is 0.499. The Hall–Kier alpha value is -1.03. The second kappa shape index (κ2) is 2.06. The second-order valence-electron chi connectivity index (χ2n) is 1.81. The van der Waals surface area contributed by atoms with Crippen molar-refractivity contribution in [2.24, 2.45) is 4.99 Å². The molecule has 50 valence electrons. The number of rotatable bonds is 0. The van der Waals surface area contributed by atoms with Gasteiger partial charge in [0.05, 0.1) is 0 Å². The third-order valence-corrected chi connectivity index (χ3v) is 1.08. The Morgan fingerprint density at radius 1 is 1.78 bits per heavy atom. The highest BCUT2D eigenvalue weighted by molar-refractivity contribution is 5.86. The monoisotopic (exact) mass is 128 g/mol. The largest absolute Gasteiger partial charge is 0.493 e. The maximum absolute atomic E-state index is 8.82. The fraction of sp³-hybridized carbons (Fsp3) is 0.400. The van der Waals surface area contributed by atoms with Gasteiger partial charge in [-0.2, -0.15) is 0 Å². The van der Waals surface area contributed by atoms with Crippen LogP contribution < -0.4 is 0 Å². The van der Waals surface area contributed by atoms with Crippen LogP contribution in [0.3, 0.4) is 0 Å². The number of hydrogen-bond donors (Lipinski definition) is 2. The Balaban J connectivity index is 2.70. The molecule has 0 bridgehead atoms. The number of hydrogen-bond acceptors (Lipinski definition) is 3. The molecule has 1 aliphatic rings. The number of aliphatic hydroxyl groups is 1. The minimum Gasteiger partial charge on any atom is -0.493 e. The van der Waals surface area contributed by atoms with E-state index in [0.29, 0.717) is 0 Å². The van der Waals surface area contributed by atoms with Crippen LogP contribution in [0.1, 0.15) is 6.92 Å². The van der Waals surface area contributed by atoms with E-state index >= 15 is 0 Å². The summed E-state index contributed by atoms with van der Waals surface area (Å²) < 4.78 is 0. The number of nitrogens with zero attached hydrogens (tertiary/aromatic N) is 2. The van der Waals surface area contributed by atoms with Crippen LogP contribution in [0.2, 0.25) is 0 Å². The van der Waals surface area contributed by atoms with E-state index in [4.69, 9.17) is 10.3 Å². The van der Waals surface area contributed by atoms with Gasteiger partial charge in [0, 0.05) is 12.3 Å². The molecular weight excluding hydrogens is 120 g/mol. The summed E-state index contributed by atoms with van der Waals surface area (Å²) in [6.45, 7) is 1.67. The standard InChI is InChI=1S/C5H8N2O2/c1-4-6-5(8)2-3-7(4)9/h2-4,9H,1H3,(H,6,8). The molecule has 0 aromatic carbocycles. The summed E-state index contributed by atoms with van der Waals surface area (Å²) in [6, 6.07) is 0. The van der Waals surface area contributed by atoms with E-state index in [9.17, 15) is 0 Å². The van der Waals surface area contributed by atoms with Crippen molar-refractivity contribution in [1.82, 2.24) is 5.06 Å². The molecule has 4 nitrogen and oxygen atoms in total. The van der Waals surface area contributed by atoms with Crippen LogP contribution in [-0.2, 0) is 0 Å². The maximum Gasteiger partial charge on any atom is 0.209 e. The molecule has 0 saturated carbocycles. The van der Waals surface area contributed by atoms with Gasteiger partial charge in [0.1, 0.15) is 6.17 Å². The predicted molar refractivity (Wildman–Crippen MR) is 32.3 cm³/mol. The van der Waals surface area contributed by atoms with Gasteiger partial charge in [-0.05, 0) is 6.92 Å². The molecule has 1 aliphatic heterocycles. The van der Waals surface area contributed by atoms with E-state index in [1.807, 2.05) is 0 Å². The zero-order valence-corrected chi connectivity index (χ0v) is 5.02. The first-order chi connectivity index (χ1) is 4.20. The zero-order valence-electron chi connectivity index (χ0n) is 5.02. The van der Waals surface area contributed by atoms with Crippen molar-refractivity contribution in [3.8, 4) is 0 Å². The van der Waals surface area contributed by atoms with Crippen molar-refractivity contribution in [2.75, 3.05) is 0 Å². The Labute approximate surface area is 52.7 Å². The molecule has 2 N–H and O–H groups in total. The average Bonchev–Trinajstić information content (AvgIpc) is 1.80. The maximum atomic E-state index is 8.82. The molecule has 0 amide bonds. The van der Waals surface area contributed by atoms with E-state index in [2.05, 4.69) is 4.99 Å². The van der Waals surface area contributed by atoms with Gasteiger partial charge in [0.15, 0.2) is 0 Å². The van der Waals surface area contributed by atoms with Crippen LogP contribution >= 0.6 is 0 Å². The first-order valence-corrected chi connectivity index (χ1v) is 2.62. The summed E-state index contributed by atoms with van der Waals surface area (Å²) >= 11 is 0. The van der Waals surface area contributed by atoms with Gasteiger partial charge < -0.3 is 5.11 Å². The van der Waals surface area contributed by atoms with Gasteiger partial charge in [-0.15, -0.1) is 0 Å². The SMILES string of the molecule is CC1N=C(O)C=CN1O. The molecule has 0 aromatic heterocycles. The number of aliphatic hydroxyl groups excluding tert-OH is 1. The van der Waals surface area contributed by atoms with E-state index in [1.54, 1.807) is 6.92 Å². The molecule has 0 saturated heterocycles. The van der Waals surface area contributed by atoms with Crippen LogP contribution in [0.5, 0.6) is 0 Å².